The molecule has 6 heteroatoms. The Balaban J connectivity index is 1.73. The van der Waals surface area contributed by atoms with Crippen LogP contribution >= 0.6 is 0 Å². The summed E-state index contributed by atoms with van der Waals surface area (Å²) in [5, 5.41) is 0. The van der Waals surface area contributed by atoms with E-state index in [0.717, 1.165) is 18.4 Å². The third-order valence-corrected chi connectivity index (χ3v) is 3.50. The van der Waals surface area contributed by atoms with Crippen molar-refractivity contribution < 1.29 is 14.3 Å². The van der Waals surface area contributed by atoms with E-state index in [4.69, 9.17) is 10.5 Å². The highest BCUT2D eigenvalue weighted by atomic mass is 16.6. The second-order valence-corrected chi connectivity index (χ2v) is 4.89. The molecule has 0 saturated carbocycles. The Morgan fingerprint density at radius 2 is 1.85 bits per heavy atom. The van der Waals surface area contributed by atoms with Crippen LogP contribution in [0.3, 0.4) is 0 Å². The molecule has 0 radical (unpaired) electrons. The number of amides is 2. The topological polar surface area (TPSA) is 75.9 Å². The lowest BCUT2D eigenvalue weighted by molar-refractivity contribution is -0.131. The molecule has 1 saturated heterocycles. The minimum Gasteiger partial charge on any atom is -0.445 e. The van der Waals surface area contributed by atoms with Crippen LogP contribution in [0.1, 0.15) is 12.8 Å². The minimum atomic E-state index is -0.315. The molecule has 1 aliphatic carbocycles. The normalized spacial score (nSPS) is 18.8. The summed E-state index contributed by atoms with van der Waals surface area (Å²) in [6.07, 6.45) is 7.91. The Morgan fingerprint density at radius 3 is 2.45 bits per heavy atom. The number of ether oxygens (including phenoxy) is 1. The van der Waals surface area contributed by atoms with Crippen molar-refractivity contribution in [3.05, 3.63) is 23.8 Å². The van der Waals surface area contributed by atoms with Gasteiger partial charge < -0.3 is 20.3 Å². The van der Waals surface area contributed by atoms with Gasteiger partial charge in [-0.15, -0.1) is 0 Å². The molecule has 2 amide bonds. The lowest BCUT2D eigenvalue weighted by Crippen LogP contribution is -2.52. The second-order valence-electron chi connectivity index (χ2n) is 4.89. The molecule has 110 valence electrons. The SMILES string of the molecule is NCC(=O)N1CCN(C(=O)OCC2=CCCC=C2)CC1. The molecule has 20 heavy (non-hydrogen) atoms. The first-order valence-electron chi connectivity index (χ1n) is 6.96. The van der Waals surface area contributed by atoms with E-state index in [0.29, 0.717) is 32.8 Å². The van der Waals surface area contributed by atoms with Crippen LogP contribution in [-0.2, 0) is 9.53 Å². The highest BCUT2D eigenvalue weighted by Gasteiger charge is 2.24. The van der Waals surface area contributed by atoms with Crippen LogP contribution in [0.25, 0.3) is 0 Å². The van der Waals surface area contributed by atoms with Gasteiger partial charge in [0.15, 0.2) is 0 Å². The largest absolute Gasteiger partial charge is 0.445 e. The smallest absolute Gasteiger partial charge is 0.410 e. The molecule has 0 atom stereocenters. The van der Waals surface area contributed by atoms with Gasteiger partial charge in [0.2, 0.25) is 5.91 Å². The molecule has 0 bridgehead atoms. The number of hydrogen-bond donors (Lipinski definition) is 1. The number of allylic oxidation sites excluding steroid dienone is 2. The number of carbonyl (C=O) groups excluding carboxylic acids is 2. The van der Waals surface area contributed by atoms with Crippen LogP contribution in [0, 0.1) is 0 Å². The number of nitrogens with zero attached hydrogens (tertiary/aromatic N) is 2. The quantitative estimate of drug-likeness (QED) is 0.816. The summed E-state index contributed by atoms with van der Waals surface area (Å²) in [6, 6.07) is 0. The Kier molecular flexibility index (Phi) is 5.17. The van der Waals surface area contributed by atoms with Gasteiger partial charge in [-0.25, -0.2) is 4.79 Å². The van der Waals surface area contributed by atoms with Crippen molar-refractivity contribution in [1.29, 1.82) is 0 Å². The Hall–Kier alpha value is -1.82. The molecule has 1 aliphatic heterocycles. The molecule has 0 unspecified atom stereocenters. The lowest BCUT2D eigenvalue weighted by atomic mass is 10.1. The summed E-state index contributed by atoms with van der Waals surface area (Å²) >= 11 is 0. The molecule has 0 aromatic carbocycles. The first-order chi connectivity index (χ1) is 9.70. The Morgan fingerprint density at radius 1 is 1.15 bits per heavy atom. The van der Waals surface area contributed by atoms with Crippen molar-refractivity contribution in [3.8, 4) is 0 Å². The molecule has 2 aliphatic rings. The predicted octanol–water partition coefficient (Wildman–Crippen LogP) is 0.502. The third kappa shape index (κ3) is 3.84. The predicted molar refractivity (Wildman–Crippen MR) is 75.0 cm³/mol. The van der Waals surface area contributed by atoms with Gasteiger partial charge in [0.1, 0.15) is 6.61 Å². The van der Waals surface area contributed by atoms with Crippen LogP contribution in [-0.4, -0.2) is 61.1 Å². The summed E-state index contributed by atoms with van der Waals surface area (Å²) in [5.41, 5.74) is 6.36. The molecule has 1 heterocycles. The fourth-order valence-corrected chi connectivity index (χ4v) is 2.28. The summed E-state index contributed by atoms with van der Waals surface area (Å²) < 4.78 is 5.28. The number of rotatable bonds is 3. The third-order valence-electron chi connectivity index (χ3n) is 3.50. The highest BCUT2D eigenvalue weighted by molar-refractivity contribution is 5.78. The molecule has 6 nitrogen and oxygen atoms in total. The van der Waals surface area contributed by atoms with E-state index in [-0.39, 0.29) is 18.5 Å². The average molecular weight is 279 g/mol. The lowest BCUT2D eigenvalue weighted by Gasteiger charge is -2.33. The zero-order valence-corrected chi connectivity index (χ0v) is 11.6. The van der Waals surface area contributed by atoms with E-state index in [1.165, 1.54) is 0 Å². The van der Waals surface area contributed by atoms with Gasteiger partial charge in [0, 0.05) is 26.2 Å². The first kappa shape index (κ1) is 14.6. The molecular formula is C14H21N3O3. The minimum absolute atomic E-state index is 0.0188. The fraction of sp³-hybridized carbons (Fsp3) is 0.571. The highest BCUT2D eigenvalue weighted by Crippen LogP contribution is 2.11. The van der Waals surface area contributed by atoms with Crippen molar-refractivity contribution in [2.45, 2.75) is 12.8 Å². The molecular weight excluding hydrogens is 258 g/mol. The fourth-order valence-electron chi connectivity index (χ4n) is 2.28. The zero-order valence-electron chi connectivity index (χ0n) is 11.6. The molecule has 0 aromatic rings. The van der Waals surface area contributed by atoms with E-state index in [2.05, 4.69) is 12.2 Å². The van der Waals surface area contributed by atoms with E-state index in [1.807, 2.05) is 6.08 Å². The number of hydrogen-bond acceptors (Lipinski definition) is 4. The van der Waals surface area contributed by atoms with Gasteiger partial charge in [-0.3, -0.25) is 4.79 Å². The zero-order chi connectivity index (χ0) is 14.4. The van der Waals surface area contributed by atoms with E-state index >= 15 is 0 Å². The van der Waals surface area contributed by atoms with Crippen LogP contribution in [0.2, 0.25) is 0 Å². The van der Waals surface area contributed by atoms with Gasteiger partial charge in [-0.1, -0.05) is 18.2 Å². The van der Waals surface area contributed by atoms with Crippen LogP contribution < -0.4 is 5.73 Å². The summed E-state index contributed by atoms with van der Waals surface area (Å²) in [6.45, 7) is 2.38. The van der Waals surface area contributed by atoms with Gasteiger partial charge in [-0.05, 0) is 18.4 Å². The maximum atomic E-state index is 11.9. The van der Waals surface area contributed by atoms with Crippen molar-refractivity contribution in [1.82, 2.24) is 9.80 Å². The van der Waals surface area contributed by atoms with Crippen molar-refractivity contribution in [3.63, 3.8) is 0 Å². The van der Waals surface area contributed by atoms with Gasteiger partial charge in [0.25, 0.3) is 0 Å². The molecule has 0 spiro atoms. The number of piperazine rings is 1. The first-order valence-corrected chi connectivity index (χ1v) is 6.96. The molecule has 0 aromatic heterocycles. The summed E-state index contributed by atoms with van der Waals surface area (Å²) in [7, 11) is 0. The van der Waals surface area contributed by atoms with Crippen molar-refractivity contribution in [2.24, 2.45) is 5.73 Å². The maximum Gasteiger partial charge on any atom is 0.410 e. The van der Waals surface area contributed by atoms with Crippen LogP contribution in [0.15, 0.2) is 23.8 Å². The van der Waals surface area contributed by atoms with Crippen LogP contribution in [0.4, 0.5) is 4.79 Å². The summed E-state index contributed by atoms with van der Waals surface area (Å²) in [4.78, 5) is 26.6. The van der Waals surface area contributed by atoms with E-state index in [1.54, 1.807) is 9.80 Å². The standard InChI is InChI=1S/C14H21N3O3/c15-10-13(18)16-6-8-17(9-7-16)14(19)20-11-12-4-2-1-3-5-12/h2,4-5H,1,3,6-11,15H2. The van der Waals surface area contributed by atoms with Gasteiger partial charge >= 0.3 is 6.09 Å². The number of carbonyl (C=O) groups is 2. The average Bonchev–Trinajstić information content (AvgIpc) is 2.53. The number of nitrogens with two attached hydrogens (primary N) is 1. The molecule has 1 fully saturated rings. The van der Waals surface area contributed by atoms with Crippen molar-refractivity contribution >= 4 is 12.0 Å². The Bertz CT molecular complexity index is 423. The van der Waals surface area contributed by atoms with Gasteiger partial charge in [-0.2, -0.15) is 0 Å². The molecule has 2 rings (SSSR count). The second kappa shape index (κ2) is 7.09. The maximum absolute atomic E-state index is 11.9. The Labute approximate surface area is 118 Å². The van der Waals surface area contributed by atoms with E-state index in [9.17, 15) is 9.59 Å². The summed E-state index contributed by atoms with van der Waals surface area (Å²) in [5.74, 6) is -0.0736. The molecule has 2 N–H and O–H groups in total. The van der Waals surface area contributed by atoms with Gasteiger partial charge in [0.05, 0.1) is 6.54 Å². The monoisotopic (exact) mass is 279 g/mol. The van der Waals surface area contributed by atoms with E-state index < -0.39 is 0 Å². The van der Waals surface area contributed by atoms with Crippen LogP contribution in [0.5, 0.6) is 0 Å². The van der Waals surface area contributed by atoms with Crippen molar-refractivity contribution in [2.75, 3.05) is 39.3 Å².